The molecule has 264 valence electrons. The largest absolute Gasteiger partial charge is 0.744 e. The van der Waals surface area contributed by atoms with Crippen molar-refractivity contribution in [2.45, 2.75) is 38.8 Å². The Morgan fingerprint density at radius 3 is 1.69 bits per heavy atom. The van der Waals surface area contributed by atoms with Gasteiger partial charge in [-0.3, -0.25) is 14.4 Å². The van der Waals surface area contributed by atoms with E-state index in [2.05, 4.69) is 27.4 Å². The molecule has 6 rings (SSSR count). The number of carbonyl (C=O) groups excluding carboxylic acids is 3. The Hall–Kier alpha value is -6.24. The molecule has 0 fully saturated rings. The van der Waals surface area contributed by atoms with Crippen LogP contribution in [0.15, 0.2) is 139 Å². The van der Waals surface area contributed by atoms with Crippen LogP contribution in [0.25, 0.3) is 10.9 Å². The van der Waals surface area contributed by atoms with Gasteiger partial charge in [-0.15, -0.1) is 0 Å². The van der Waals surface area contributed by atoms with Gasteiger partial charge in [0.25, 0.3) is 17.7 Å². The molecule has 0 aliphatic rings. The highest BCUT2D eigenvalue weighted by molar-refractivity contribution is 7.85. The van der Waals surface area contributed by atoms with E-state index in [-0.39, 0.29) is 22.6 Å². The van der Waals surface area contributed by atoms with Gasteiger partial charge in [-0.05, 0) is 106 Å². The van der Waals surface area contributed by atoms with E-state index >= 15 is 0 Å². The first-order chi connectivity index (χ1) is 24.9. The third-order valence-electron chi connectivity index (χ3n) is 8.08. The minimum atomic E-state index is -4.27. The summed E-state index contributed by atoms with van der Waals surface area (Å²) in [6.45, 7) is 7.60. The standard InChI is InChI=1S/C33H29N5O3.C7H8O3S/c1-3-37-19-6-8-29(22-37)36-33(41)25-13-15-27(16-14-25)34-31(39)23-9-11-24(12-10-23)32(40)35-28-17-18-30-26(21-28)7-5-20-38(30)4-2;1-6-2-4-7(5-3-6)11(8,9)10/h5-22H,3-4H2,1-2H3,(H-2,34,35,36,39,40,41);2-5H,1H3,(H,8,9,10)/p+1. The van der Waals surface area contributed by atoms with Gasteiger partial charge in [-0.25, -0.2) is 13.0 Å². The minimum Gasteiger partial charge on any atom is -0.744 e. The van der Waals surface area contributed by atoms with E-state index in [4.69, 9.17) is 0 Å². The van der Waals surface area contributed by atoms with Crippen molar-refractivity contribution in [1.29, 1.82) is 0 Å². The van der Waals surface area contributed by atoms with Gasteiger partial charge >= 0.3 is 0 Å². The first kappa shape index (κ1) is 37.0. The zero-order chi connectivity index (χ0) is 37.3. The molecule has 6 aromatic rings. The number of pyridine rings is 2. The van der Waals surface area contributed by atoms with E-state index in [9.17, 15) is 27.4 Å². The van der Waals surface area contributed by atoms with Crippen LogP contribution in [-0.4, -0.2) is 30.7 Å². The van der Waals surface area contributed by atoms with Crippen LogP contribution in [0.2, 0.25) is 0 Å². The lowest BCUT2D eigenvalue weighted by molar-refractivity contribution is -0.692. The van der Waals surface area contributed by atoms with Crippen molar-refractivity contribution in [2.24, 2.45) is 0 Å². The third-order valence-corrected chi connectivity index (χ3v) is 8.93. The molecule has 0 aliphatic heterocycles. The van der Waals surface area contributed by atoms with Crippen molar-refractivity contribution in [3.63, 3.8) is 0 Å². The molecule has 3 N–H and O–H groups in total. The van der Waals surface area contributed by atoms with E-state index in [1.807, 2.05) is 79.5 Å². The average Bonchev–Trinajstić information content (AvgIpc) is 3.15. The number of hydrogen-bond acceptors (Lipinski definition) is 6. The topological polar surface area (TPSA) is 152 Å². The quantitative estimate of drug-likeness (QED) is 0.121. The molecule has 0 aliphatic carbocycles. The lowest BCUT2D eigenvalue weighted by Gasteiger charge is -2.09. The Kier molecular flexibility index (Phi) is 11.9. The Balaban J connectivity index is 0.000000407. The molecule has 0 saturated heterocycles. The molecular formula is C40H38N5O6S+. The van der Waals surface area contributed by atoms with E-state index in [1.54, 1.807) is 60.7 Å². The van der Waals surface area contributed by atoms with Crippen LogP contribution < -0.4 is 25.1 Å². The molecule has 0 radical (unpaired) electrons. The summed E-state index contributed by atoms with van der Waals surface area (Å²) < 4.78 is 35.3. The van der Waals surface area contributed by atoms with Gasteiger partial charge in [0.05, 0.1) is 4.90 Å². The summed E-state index contributed by atoms with van der Waals surface area (Å²) in [5.41, 5.74) is 5.30. The highest BCUT2D eigenvalue weighted by atomic mass is 32.2. The Labute approximate surface area is 302 Å². The summed E-state index contributed by atoms with van der Waals surface area (Å²) in [6.07, 6.45) is 5.83. The average molecular weight is 717 g/mol. The zero-order valence-corrected chi connectivity index (χ0v) is 29.7. The maximum atomic E-state index is 12.8. The van der Waals surface area contributed by atoms with Crippen LogP contribution >= 0.6 is 0 Å². The van der Waals surface area contributed by atoms with Gasteiger partial charge < -0.3 is 20.5 Å². The van der Waals surface area contributed by atoms with Crippen molar-refractivity contribution >= 4 is 55.8 Å². The predicted molar refractivity (Wildman–Crippen MR) is 198 cm³/mol. The molecule has 4 aromatic carbocycles. The van der Waals surface area contributed by atoms with E-state index < -0.39 is 10.1 Å². The Bertz CT molecular complexity index is 2330. The molecule has 0 saturated carbocycles. The first-order valence-electron chi connectivity index (χ1n) is 16.5. The van der Waals surface area contributed by atoms with Crippen LogP contribution in [0.1, 0.15) is 50.5 Å². The van der Waals surface area contributed by atoms with Gasteiger partial charge in [0.15, 0.2) is 18.6 Å². The maximum Gasteiger partial charge on any atom is 0.255 e. The summed E-state index contributed by atoms with van der Waals surface area (Å²) >= 11 is 0. The molecule has 2 aromatic heterocycles. The second-order valence-corrected chi connectivity index (χ2v) is 13.2. The van der Waals surface area contributed by atoms with Crippen LogP contribution in [0, 0.1) is 6.92 Å². The number of fused-ring (bicyclic) bond motifs is 1. The number of amides is 3. The molecule has 12 heteroatoms. The number of nitrogens with one attached hydrogen (secondary N) is 3. The van der Waals surface area contributed by atoms with Crippen molar-refractivity contribution in [3.8, 4) is 0 Å². The number of benzene rings is 4. The lowest BCUT2D eigenvalue weighted by Crippen LogP contribution is -2.32. The fourth-order valence-electron chi connectivity index (χ4n) is 5.22. The van der Waals surface area contributed by atoms with E-state index in [0.29, 0.717) is 33.8 Å². The van der Waals surface area contributed by atoms with Crippen LogP contribution in [0.4, 0.5) is 17.1 Å². The van der Waals surface area contributed by atoms with Crippen molar-refractivity contribution in [3.05, 3.63) is 156 Å². The molecule has 2 heterocycles. The van der Waals surface area contributed by atoms with Gasteiger partial charge in [-0.1, -0.05) is 17.7 Å². The molecule has 0 bridgehead atoms. The summed E-state index contributed by atoms with van der Waals surface area (Å²) in [5, 5.41) is 9.67. The van der Waals surface area contributed by atoms with Crippen LogP contribution in [-0.2, 0) is 23.2 Å². The number of carbonyl (C=O) groups is 3. The monoisotopic (exact) mass is 716 g/mol. The van der Waals surface area contributed by atoms with E-state index in [0.717, 1.165) is 29.6 Å². The third kappa shape index (κ3) is 9.71. The zero-order valence-electron chi connectivity index (χ0n) is 28.9. The number of hydrogen-bond donors (Lipinski definition) is 3. The minimum absolute atomic E-state index is 0.178. The lowest BCUT2D eigenvalue weighted by atomic mass is 10.1. The fourth-order valence-corrected chi connectivity index (χ4v) is 5.69. The molecule has 0 atom stereocenters. The second kappa shape index (κ2) is 16.6. The molecule has 0 spiro atoms. The number of aryl methyl sites for hydroxylation is 3. The van der Waals surface area contributed by atoms with Crippen LogP contribution in [0.5, 0.6) is 0 Å². The van der Waals surface area contributed by atoms with Crippen molar-refractivity contribution in [1.82, 2.24) is 0 Å². The summed E-state index contributed by atoms with van der Waals surface area (Å²) in [4.78, 5) is 38.1. The molecular weight excluding hydrogens is 679 g/mol. The molecule has 52 heavy (non-hydrogen) atoms. The number of aromatic nitrogens is 2. The Morgan fingerprint density at radius 1 is 0.615 bits per heavy atom. The maximum absolute atomic E-state index is 12.8. The highest BCUT2D eigenvalue weighted by Crippen LogP contribution is 2.18. The van der Waals surface area contributed by atoms with Crippen molar-refractivity contribution in [2.75, 3.05) is 16.0 Å². The van der Waals surface area contributed by atoms with E-state index in [1.165, 1.54) is 12.1 Å². The summed E-state index contributed by atoms with van der Waals surface area (Å²) in [6, 6.07) is 32.4. The summed E-state index contributed by atoms with van der Waals surface area (Å²) in [7, 11) is -4.27. The smallest absolute Gasteiger partial charge is 0.255 e. The SMILES string of the molecule is CC[n+]1cccc(NC(=O)c2ccc(NC(=O)c3ccc(C(=O)Nc4ccc5c(ccc[n+]5CC)c4)cc3)cc2)c1.Cc1ccc(S(=O)(=O)[O-])cc1. The normalized spacial score (nSPS) is 10.8. The first-order valence-corrected chi connectivity index (χ1v) is 17.9. The number of nitrogens with zero attached hydrogens (tertiary/aromatic N) is 2. The summed E-state index contributed by atoms with van der Waals surface area (Å²) in [5.74, 6) is -0.815. The van der Waals surface area contributed by atoms with Gasteiger partial charge in [0.2, 0.25) is 5.52 Å². The highest BCUT2D eigenvalue weighted by Gasteiger charge is 2.13. The van der Waals surface area contributed by atoms with Gasteiger partial charge in [-0.2, -0.15) is 4.57 Å². The number of anilines is 3. The number of rotatable bonds is 9. The fraction of sp³-hybridized carbons (Fsp3) is 0.125. The second-order valence-electron chi connectivity index (χ2n) is 11.8. The van der Waals surface area contributed by atoms with Crippen molar-refractivity contribution < 1.29 is 36.5 Å². The van der Waals surface area contributed by atoms with Gasteiger partial charge in [0, 0.05) is 51.7 Å². The molecule has 3 amide bonds. The predicted octanol–water partition coefficient (Wildman–Crippen LogP) is 6.11. The van der Waals surface area contributed by atoms with Crippen LogP contribution in [0.3, 0.4) is 0 Å². The van der Waals surface area contributed by atoms with Gasteiger partial charge in [0.1, 0.15) is 28.9 Å². The molecule has 11 nitrogen and oxygen atoms in total. The Morgan fingerprint density at radius 2 is 1.13 bits per heavy atom. The molecule has 0 unspecified atom stereocenters.